The average molecular weight is 453 g/mol. The van der Waals surface area contributed by atoms with Crippen molar-refractivity contribution in [2.24, 2.45) is 0 Å². The molecule has 0 aliphatic heterocycles. The van der Waals surface area contributed by atoms with E-state index in [0.29, 0.717) is 22.5 Å². The van der Waals surface area contributed by atoms with Gasteiger partial charge in [0, 0.05) is 16.6 Å². The van der Waals surface area contributed by atoms with E-state index in [4.69, 9.17) is 16.6 Å². The maximum absolute atomic E-state index is 13.5. The van der Waals surface area contributed by atoms with Crippen LogP contribution in [0.25, 0.3) is 33.3 Å². The Morgan fingerprint density at radius 1 is 0.758 bits per heavy atom. The van der Waals surface area contributed by atoms with E-state index in [9.17, 15) is 9.18 Å². The summed E-state index contributed by atoms with van der Waals surface area (Å²) in [6.07, 6.45) is 0. The highest BCUT2D eigenvalue weighted by atomic mass is 35.5. The van der Waals surface area contributed by atoms with E-state index in [1.54, 1.807) is 6.07 Å². The van der Waals surface area contributed by atoms with E-state index >= 15 is 0 Å². The molecule has 0 unspecified atom stereocenters. The predicted molar refractivity (Wildman–Crippen MR) is 132 cm³/mol. The highest BCUT2D eigenvalue weighted by molar-refractivity contribution is 6.31. The first-order valence-corrected chi connectivity index (χ1v) is 10.8. The number of fused-ring (bicyclic) bond motifs is 1. The van der Waals surface area contributed by atoms with Gasteiger partial charge in [-0.1, -0.05) is 84.4 Å². The molecule has 1 N–H and O–H groups in total. The number of anilines is 1. The number of amides is 1. The lowest BCUT2D eigenvalue weighted by atomic mass is 10.0. The molecule has 0 aliphatic rings. The van der Waals surface area contributed by atoms with Crippen molar-refractivity contribution in [1.29, 1.82) is 0 Å². The van der Waals surface area contributed by atoms with Crippen molar-refractivity contribution in [3.05, 3.63) is 120 Å². The largest absolute Gasteiger partial charge is 0.322 e. The van der Waals surface area contributed by atoms with Gasteiger partial charge in [-0.2, -0.15) is 0 Å². The zero-order chi connectivity index (χ0) is 22.8. The summed E-state index contributed by atoms with van der Waals surface area (Å²) in [7, 11) is 0. The van der Waals surface area contributed by atoms with Crippen LogP contribution in [0.2, 0.25) is 5.02 Å². The molecule has 5 aromatic rings. The van der Waals surface area contributed by atoms with Crippen LogP contribution in [0.4, 0.5) is 10.1 Å². The molecule has 160 valence electrons. The number of pyridine rings is 1. The number of hydrogen-bond acceptors (Lipinski definition) is 2. The average Bonchev–Trinajstić information content (AvgIpc) is 2.86. The monoisotopic (exact) mass is 452 g/mol. The number of benzene rings is 4. The molecule has 1 amide bonds. The van der Waals surface area contributed by atoms with Gasteiger partial charge in [0.2, 0.25) is 0 Å². The summed E-state index contributed by atoms with van der Waals surface area (Å²) in [6.45, 7) is 0. The Hall–Kier alpha value is -4.02. The van der Waals surface area contributed by atoms with Gasteiger partial charge in [-0.15, -0.1) is 0 Å². The lowest BCUT2D eigenvalue weighted by Gasteiger charge is -2.11. The number of para-hydroxylation sites is 1. The van der Waals surface area contributed by atoms with Crippen molar-refractivity contribution >= 4 is 34.1 Å². The topological polar surface area (TPSA) is 42.0 Å². The second-order valence-corrected chi connectivity index (χ2v) is 8.01. The molecule has 0 saturated carbocycles. The zero-order valence-electron chi connectivity index (χ0n) is 17.4. The molecular weight excluding hydrogens is 435 g/mol. The highest BCUT2D eigenvalue weighted by Crippen LogP contribution is 2.28. The van der Waals surface area contributed by atoms with Gasteiger partial charge >= 0.3 is 0 Å². The Balaban J connectivity index is 1.53. The van der Waals surface area contributed by atoms with Gasteiger partial charge in [0.1, 0.15) is 5.82 Å². The molecule has 33 heavy (non-hydrogen) atoms. The second kappa shape index (κ2) is 8.85. The van der Waals surface area contributed by atoms with Crippen LogP contribution in [-0.4, -0.2) is 10.9 Å². The standard InChI is InChI=1S/C28H18ClFN2O/c29-24-16-21(14-15-25(24)30)31-28(33)23-17-27(32-26-9-5-4-8-22(23)26)20-12-10-19(11-13-20)18-6-2-1-3-7-18/h1-17H,(H,31,33). The molecule has 0 spiro atoms. The lowest BCUT2D eigenvalue weighted by molar-refractivity contribution is 0.102. The van der Waals surface area contributed by atoms with Gasteiger partial charge in [0.15, 0.2) is 0 Å². The van der Waals surface area contributed by atoms with Gasteiger partial charge in [-0.05, 0) is 41.5 Å². The summed E-state index contributed by atoms with van der Waals surface area (Å²) < 4.78 is 13.5. The molecule has 0 radical (unpaired) electrons. The van der Waals surface area contributed by atoms with E-state index in [0.717, 1.165) is 22.1 Å². The number of halogens is 2. The van der Waals surface area contributed by atoms with Crippen molar-refractivity contribution in [2.75, 3.05) is 5.32 Å². The van der Waals surface area contributed by atoms with E-state index in [2.05, 4.69) is 17.4 Å². The summed E-state index contributed by atoms with van der Waals surface area (Å²) in [5.74, 6) is -0.858. The molecule has 0 bridgehead atoms. The minimum absolute atomic E-state index is 0.0495. The Labute approximate surface area is 195 Å². The fourth-order valence-electron chi connectivity index (χ4n) is 3.75. The fraction of sp³-hybridized carbons (Fsp3) is 0. The van der Waals surface area contributed by atoms with E-state index in [1.165, 1.54) is 18.2 Å². The van der Waals surface area contributed by atoms with Crippen LogP contribution in [0.3, 0.4) is 0 Å². The highest BCUT2D eigenvalue weighted by Gasteiger charge is 2.15. The van der Waals surface area contributed by atoms with Crippen LogP contribution in [-0.2, 0) is 0 Å². The number of carbonyl (C=O) groups is 1. The Morgan fingerprint density at radius 3 is 2.18 bits per heavy atom. The summed E-state index contributed by atoms with van der Waals surface area (Å²) in [4.78, 5) is 17.9. The van der Waals surface area contributed by atoms with Crippen LogP contribution in [0.15, 0.2) is 103 Å². The molecule has 0 aliphatic carbocycles. The molecule has 4 aromatic carbocycles. The Bertz CT molecular complexity index is 1470. The minimum atomic E-state index is -0.537. The van der Waals surface area contributed by atoms with Gasteiger partial charge in [0.05, 0.1) is 21.8 Å². The lowest BCUT2D eigenvalue weighted by Crippen LogP contribution is -2.13. The maximum atomic E-state index is 13.5. The molecular formula is C28H18ClFN2O. The van der Waals surface area contributed by atoms with Gasteiger partial charge in [-0.25, -0.2) is 9.37 Å². The number of hydrogen-bond donors (Lipinski definition) is 1. The van der Waals surface area contributed by atoms with Gasteiger partial charge in [0.25, 0.3) is 5.91 Å². The molecule has 1 heterocycles. The Kier molecular flexibility index (Phi) is 5.59. The number of nitrogens with one attached hydrogen (secondary N) is 1. The fourth-order valence-corrected chi connectivity index (χ4v) is 3.93. The van der Waals surface area contributed by atoms with Crippen molar-refractivity contribution in [3.63, 3.8) is 0 Å². The maximum Gasteiger partial charge on any atom is 0.256 e. The molecule has 5 heteroatoms. The van der Waals surface area contributed by atoms with Crippen LogP contribution in [0, 0.1) is 5.82 Å². The third kappa shape index (κ3) is 4.34. The third-order valence-electron chi connectivity index (χ3n) is 5.43. The molecule has 0 saturated heterocycles. The van der Waals surface area contributed by atoms with Gasteiger partial charge in [-0.3, -0.25) is 4.79 Å². The number of aromatic nitrogens is 1. The molecule has 1 aromatic heterocycles. The quantitative estimate of drug-likeness (QED) is 0.305. The second-order valence-electron chi connectivity index (χ2n) is 7.60. The molecule has 3 nitrogen and oxygen atoms in total. The summed E-state index contributed by atoms with van der Waals surface area (Å²) in [5, 5.41) is 3.49. The smallest absolute Gasteiger partial charge is 0.256 e. The summed E-state index contributed by atoms with van der Waals surface area (Å²) in [5.41, 5.74) is 5.43. The number of carbonyl (C=O) groups excluding carboxylic acids is 1. The predicted octanol–water partition coefficient (Wildman–Crippen LogP) is 7.61. The summed E-state index contributed by atoms with van der Waals surface area (Å²) >= 11 is 5.86. The van der Waals surface area contributed by atoms with Crippen molar-refractivity contribution in [3.8, 4) is 22.4 Å². The minimum Gasteiger partial charge on any atom is -0.322 e. The molecule has 5 rings (SSSR count). The van der Waals surface area contributed by atoms with Crippen LogP contribution in [0.5, 0.6) is 0 Å². The summed E-state index contributed by atoms with van der Waals surface area (Å²) in [6, 6.07) is 31.6. The van der Waals surface area contributed by atoms with Crippen molar-refractivity contribution < 1.29 is 9.18 Å². The van der Waals surface area contributed by atoms with Crippen LogP contribution < -0.4 is 5.32 Å². The first-order valence-electron chi connectivity index (χ1n) is 10.4. The van der Waals surface area contributed by atoms with Crippen LogP contribution >= 0.6 is 11.6 Å². The number of rotatable bonds is 4. The zero-order valence-corrected chi connectivity index (χ0v) is 18.2. The first-order chi connectivity index (χ1) is 16.1. The van der Waals surface area contributed by atoms with Crippen molar-refractivity contribution in [2.45, 2.75) is 0 Å². The van der Waals surface area contributed by atoms with Crippen LogP contribution in [0.1, 0.15) is 10.4 Å². The van der Waals surface area contributed by atoms with Gasteiger partial charge < -0.3 is 5.32 Å². The first kappa shape index (κ1) is 20.9. The third-order valence-corrected chi connectivity index (χ3v) is 5.72. The SMILES string of the molecule is O=C(Nc1ccc(F)c(Cl)c1)c1cc(-c2ccc(-c3ccccc3)cc2)nc2ccccc12. The number of nitrogens with zero attached hydrogens (tertiary/aromatic N) is 1. The van der Waals surface area contributed by atoms with E-state index in [1.807, 2.05) is 66.7 Å². The Morgan fingerprint density at radius 2 is 1.42 bits per heavy atom. The van der Waals surface area contributed by atoms with E-state index < -0.39 is 5.82 Å². The van der Waals surface area contributed by atoms with E-state index in [-0.39, 0.29) is 10.9 Å². The molecule has 0 fully saturated rings. The normalized spacial score (nSPS) is 10.8. The van der Waals surface area contributed by atoms with Crippen molar-refractivity contribution in [1.82, 2.24) is 4.98 Å². The molecule has 0 atom stereocenters.